The van der Waals surface area contributed by atoms with E-state index >= 15 is 0 Å². The van der Waals surface area contributed by atoms with Gasteiger partial charge in [0.2, 0.25) is 0 Å². The Balaban J connectivity index is 1.83. The minimum absolute atomic E-state index is 0.0168. The largest absolute Gasteiger partial charge is 0.511 e. The topological polar surface area (TPSA) is 68.1 Å². The van der Waals surface area contributed by atoms with Crippen LogP contribution in [0.5, 0.6) is 11.5 Å². The molecule has 1 atom stereocenters. The van der Waals surface area contributed by atoms with Crippen LogP contribution in [0.15, 0.2) is 58.8 Å². The van der Waals surface area contributed by atoms with Crippen LogP contribution >= 0.6 is 0 Å². The van der Waals surface area contributed by atoms with Gasteiger partial charge in [-0.25, -0.2) is 4.39 Å². The predicted octanol–water partition coefficient (Wildman–Crippen LogP) is 4.50. The lowest BCUT2D eigenvalue weighted by atomic mass is 9.83. The molecule has 2 aromatic carbocycles. The van der Waals surface area contributed by atoms with E-state index in [0.717, 1.165) is 5.56 Å². The first-order valence-corrected chi connectivity index (χ1v) is 8.48. The number of ketones is 1. The Morgan fingerprint density at radius 3 is 2.48 bits per heavy atom. The van der Waals surface area contributed by atoms with Gasteiger partial charge >= 0.3 is 0 Å². The third-order valence-electron chi connectivity index (χ3n) is 4.54. The van der Waals surface area contributed by atoms with Gasteiger partial charge in [0, 0.05) is 25.1 Å². The van der Waals surface area contributed by atoms with Crippen molar-refractivity contribution in [2.75, 3.05) is 14.2 Å². The fourth-order valence-electron chi connectivity index (χ4n) is 3.05. The third kappa shape index (κ3) is 4.16. The molecular weight excluding hydrogens is 349 g/mol. The maximum absolute atomic E-state index is 13.1. The molecule has 3 rings (SSSR count). The number of methoxy groups -OCH3 is 2. The van der Waals surface area contributed by atoms with Gasteiger partial charge < -0.3 is 14.6 Å². The second-order valence-corrected chi connectivity index (χ2v) is 6.24. The van der Waals surface area contributed by atoms with Crippen LogP contribution in [0, 0.1) is 5.82 Å². The predicted molar refractivity (Wildman–Crippen MR) is 101 cm³/mol. The number of benzene rings is 2. The van der Waals surface area contributed by atoms with Gasteiger partial charge in [-0.2, -0.15) is 0 Å². The van der Waals surface area contributed by atoms with Gasteiger partial charge in [0.1, 0.15) is 28.8 Å². The second-order valence-electron chi connectivity index (χ2n) is 6.24. The molecule has 0 aliphatic heterocycles. The van der Waals surface area contributed by atoms with Crippen molar-refractivity contribution in [3.05, 3.63) is 65.2 Å². The molecule has 5 nitrogen and oxygen atoms in total. The fourth-order valence-corrected chi connectivity index (χ4v) is 3.05. The smallest absolute Gasteiger partial charge is 0.168 e. The van der Waals surface area contributed by atoms with Crippen molar-refractivity contribution < 1.29 is 23.8 Å². The summed E-state index contributed by atoms with van der Waals surface area (Å²) in [6.45, 7) is 0. The molecule has 0 amide bonds. The molecule has 140 valence electrons. The maximum Gasteiger partial charge on any atom is 0.168 e. The molecule has 2 aromatic rings. The number of carbonyl (C=O) groups is 1. The van der Waals surface area contributed by atoms with Gasteiger partial charge in [-0.1, -0.05) is 12.1 Å². The van der Waals surface area contributed by atoms with Crippen LogP contribution in [-0.4, -0.2) is 31.3 Å². The molecule has 0 saturated carbocycles. The van der Waals surface area contributed by atoms with Crippen molar-refractivity contribution in [2.45, 2.75) is 18.8 Å². The van der Waals surface area contributed by atoms with E-state index < -0.39 is 0 Å². The first kappa shape index (κ1) is 18.6. The Morgan fingerprint density at radius 2 is 1.85 bits per heavy atom. The van der Waals surface area contributed by atoms with E-state index in [0.29, 0.717) is 23.6 Å². The van der Waals surface area contributed by atoms with Gasteiger partial charge in [-0.3, -0.25) is 9.79 Å². The molecule has 0 saturated heterocycles. The summed E-state index contributed by atoms with van der Waals surface area (Å²) in [5.74, 6) is 0.399. The van der Waals surface area contributed by atoms with E-state index in [1.807, 2.05) is 0 Å². The summed E-state index contributed by atoms with van der Waals surface area (Å²) in [6.07, 6.45) is 1.90. The number of rotatable bonds is 5. The number of Topliss-reactive ketones (excluding diaryl/α,β-unsaturated/α-hetero) is 1. The van der Waals surface area contributed by atoms with Gasteiger partial charge in [-0.05, 0) is 35.7 Å². The number of hydrogen-bond donors (Lipinski definition) is 1. The second kappa shape index (κ2) is 8.03. The van der Waals surface area contributed by atoms with Crippen molar-refractivity contribution in [1.82, 2.24) is 0 Å². The minimum Gasteiger partial charge on any atom is -0.511 e. The minimum atomic E-state index is -0.332. The average Bonchev–Trinajstić information content (AvgIpc) is 2.67. The number of hydrogen-bond acceptors (Lipinski definition) is 5. The Morgan fingerprint density at radius 1 is 1.11 bits per heavy atom. The van der Waals surface area contributed by atoms with Crippen LogP contribution in [0.1, 0.15) is 24.3 Å². The Labute approximate surface area is 156 Å². The van der Waals surface area contributed by atoms with Gasteiger partial charge in [0.05, 0.1) is 19.8 Å². The first-order valence-electron chi connectivity index (χ1n) is 8.48. The zero-order valence-corrected chi connectivity index (χ0v) is 15.1. The molecule has 27 heavy (non-hydrogen) atoms. The van der Waals surface area contributed by atoms with Crippen LogP contribution in [0.2, 0.25) is 0 Å². The van der Waals surface area contributed by atoms with Crippen LogP contribution in [0.25, 0.3) is 0 Å². The lowest BCUT2D eigenvalue weighted by Gasteiger charge is -2.22. The lowest BCUT2D eigenvalue weighted by molar-refractivity contribution is -0.116. The highest BCUT2D eigenvalue weighted by molar-refractivity contribution is 6.15. The fraction of sp³-hybridized carbons (Fsp3) is 0.238. The third-order valence-corrected chi connectivity index (χ3v) is 4.54. The zero-order valence-electron chi connectivity index (χ0n) is 15.1. The molecule has 0 spiro atoms. The van der Waals surface area contributed by atoms with Crippen molar-refractivity contribution in [2.24, 2.45) is 4.99 Å². The molecule has 1 aliphatic carbocycles. The molecule has 1 aliphatic rings. The lowest BCUT2D eigenvalue weighted by Crippen LogP contribution is -2.19. The van der Waals surface area contributed by atoms with Gasteiger partial charge in [0.15, 0.2) is 5.78 Å². The Kier molecular flexibility index (Phi) is 5.54. The van der Waals surface area contributed by atoms with Crippen LogP contribution in [0.4, 0.5) is 10.1 Å². The molecule has 6 heteroatoms. The van der Waals surface area contributed by atoms with Crippen molar-refractivity contribution in [3.63, 3.8) is 0 Å². The number of halogens is 1. The maximum atomic E-state index is 13.1. The summed E-state index contributed by atoms with van der Waals surface area (Å²) in [5.41, 5.74) is 1.53. The van der Waals surface area contributed by atoms with Crippen LogP contribution < -0.4 is 9.47 Å². The van der Waals surface area contributed by atoms with Crippen LogP contribution in [0.3, 0.4) is 0 Å². The quantitative estimate of drug-likeness (QED) is 0.788. The molecule has 0 fully saturated rings. The number of aliphatic hydroxyl groups is 1. The number of aliphatic imine (C=N–C) groups is 1. The number of allylic oxidation sites excluding steroid dienone is 2. The highest BCUT2D eigenvalue weighted by Gasteiger charge is 2.27. The Hall–Kier alpha value is -3.15. The summed E-state index contributed by atoms with van der Waals surface area (Å²) in [4.78, 5) is 16.8. The summed E-state index contributed by atoms with van der Waals surface area (Å²) in [5, 5.41) is 10.4. The highest BCUT2D eigenvalue weighted by Crippen LogP contribution is 2.35. The van der Waals surface area contributed by atoms with Crippen molar-refractivity contribution in [1.29, 1.82) is 0 Å². The van der Waals surface area contributed by atoms with Gasteiger partial charge in [-0.15, -0.1) is 0 Å². The number of carbonyl (C=O) groups excluding carboxylic acids is 1. The zero-order chi connectivity index (χ0) is 19.4. The van der Waals surface area contributed by atoms with E-state index in [9.17, 15) is 14.3 Å². The van der Waals surface area contributed by atoms with Crippen molar-refractivity contribution >= 4 is 17.7 Å². The SMILES string of the molecule is COc1ccc(N=CC2=C(O)CC(c3ccc(F)cc3)CC2=O)c(OC)c1. The Bertz CT molecular complexity index is 903. The monoisotopic (exact) mass is 369 g/mol. The standard InChI is InChI=1S/C21H20FNO4/c1-26-16-7-8-18(21(11-16)27-2)23-12-17-19(24)9-14(10-20(17)25)13-3-5-15(22)6-4-13/h3-8,11-12,14,24H,9-10H2,1-2H3. The highest BCUT2D eigenvalue weighted by atomic mass is 19.1. The average molecular weight is 369 g/mol. The van der Waals surface area contributed by atoms with E-state index in [4.69, 9.17) is 9.47 Å². The van der Waals surface area contributed by atoms with Gasteiger partial charge in [0.25, 0.3) is 0 Å². The van der Waals surface area contributed by atoms with E-state index in [2.05, 4.69) is 4.99 Å². The van der Waals surface area contributed by atoms with Crippen molar-refractivity contribution in [3.8, 4) is 11.5 Å². The molecule has 0 heterocycles. The number of aliphatic hydroxyl groups excluding tert-OH is 1. The number of ether oxygens (including phenoxy) is 2. The molecule has 0 aromatic heterocycles. The summed E-state index contributed by atoms with van der Waals surface area (Å²) in [7, 11) is 3.07. The molecule has 1 N–H and O–H groups in total. The molecule has 1 unspecified atom stereocenters. The van der Waals surface area contributed by atoms with Crippen LogP contribution in [-0.2, 0) is 4.79 Å². The molecule has 0 bridgehead atoms. The molecular formula is C21H20FNO4. The summed E-state index contributed by atoms with van der Waals surface area (Å²) < 4.78 is 23.5. The summed E-state index contributed by atoms with van der Waals surface area (Å²) >= 11 is 0. The summed E-state index contributed by atoms with van der Waals surface area (Å²) in [6, 6.07) is 11.1. The molecule has 0 radical (unpaired) electrons. The van der Waals surface area contributed by atoms with E-state index in [1.54, 1.807) is 37.4 Å². The normalized spacial score (nSPS) is 17.4. The first-order chi connectivity index (χ1) is 13.0. The number of nitrogens with zero attached hydrogens (tertiary/aromatic N) is 1. The van der Waals surface area contributed by atoms with E-state index in [-0.39, 0.29) is 35.3 Å². The van der Waals surface area contributed by atoms with E-state index in [1.165, 1.54) is 25.5 Å².